The van der Waals surface area contributed by atoms with Crippen molar-refractivity contribution in [2.75, 3.05) is 0 Å². The van der Waals surface area contributed by atoms with Gasteiger partial charge in [0.05, 0.1) is 5.69 Å². The number of nitrogens with zero attached hydrogens (tertiary/aromatic N) is 1. The minimum Gasteiger partial charge on any atom is -0.366 e. The summed E-state index contributed by atoms with van der Waals surface area (Å²) < 4.78 is 0. The van der Waals surface area contributed by atoms with Crippen LogP contribution in [0.2, 0.25) is 0 Å². The van der Waals surface area contributed by atoms with Gasteiger partial charge in [-0.2, -0.15) is 0 Å². The van der Waals surface area contributed by atoms with Crippen LogP contribution in [0.5, 0.6) is 0 Å². The molecule has 0 aliphatic heterocycles. The summed E-state index contributed by atoms with van der Waals surface area (Å²) in [5.41, 5.74) is 6.41. The number of benzene rings is 1. The second-order valence-corrected chi connectivity index (χ2v) is 4.94. The van der Waals surface area contributed by atoms with Gasteiger partial charge in [0.1, 0.15) is 0 Å². The third kappa shape index (κ3) is 3.01. The molecule has 2 aromatic rings. The van der Waals surface area contributed by atoms with Gasteiger partial charge in [0, 0.05) is 21.5 Å². The maximum atomic E-state index is 11.0. The number of aryl methyl sites for hydroxylation is 1. The molecule has 2 N–H and O–H groups in total. The summed E-state index contributed by atoms with van der Waals surface area (Å²) in [6, 6.07) is 11.0. The van der Waals surface area contributed by atoms with Gasteiger partial charge in [-0.15, -0.1) is 11.3 Å². The van der Waals surface area contributed by atoms with Crippen LogP contribution < -0.4 is 5.73 Å². The minimum atomic E-state index is -0.436. The lowest BCUT2D eigenvalue weighted by atomic mass is 10.2. The van der Waals surface area contributed by atoms with E-state index in [1.165, 1.54) is 4.88 Å². The SMILES string of the molecule is Cc1ccc(C=Nc2cccc(C(N)=O)c2)s1. The van der Waals surface area contributed by atoms with Crippen LogP contribution in [0.1, 0.15) is 20.1 Å². The first kappa shape index (κ1) is 11.5. The lowest BCUT2D eigenvalue weighted by molar-refractivity contribution is 0.100. The van der Waals surface area contributed by atoms with Crippen LogP contribution >= 0.6 is 11.3 Å². The van der Waals surface area contributed by atoms with Crippen molar-refractivity contribution in [2.45, 2.75) is 6.92 Å². The van der Waals surface area contributed by atoms with Crippen LogP contribution in [0.25, 0.3) is 0 Å². The average Bonchev–Trinajstić information content (AvgIpc) is 2.73. The summed E-state index contributed by atoms with van der Waals surface area (Å²) in [5, 5.41) is 0. The van der Waals surface area contributed by atoms with Gasteiger partial charge >= 0.3 is 0 Å². The summed E-state index contributed by atoms with van der Waals surface area (Å²) >= 11 is 1.68. The molecule has 0 radical (unpaired) electrons. The number of amides is 1. The van der Waals surface area contributed by atoms with Gasteiger partial charge in [0.15, 0.2) is 0 Å². The maximum absolute atomic E-state index is 11.0. The van der Waals surface area contributed by atoms with Crippen molar-refractivity contribution in [2.24, 2.45) is 10.7 Å². The quantitative estimate of drug-likeness (QED) is 0.829. The summed E-state index contributed by atoms with van der Waals surface area (Å²) in [6.45, 7) is 2.05. The van der Waals surface area contributed by atoms with Crippen LogP contribution in [-0.4, -0.2) is 12.1 Å². The normalized spacial score (nSPS) is 10.9. The first-order chi connectivity index (χ1) is 8.15. The van der Waals surface area contributed by atoms with Crippen LogP contribution in [0.15, 0.2) is 41.4 Å². The Morgan fingerprint density at radius 2 is 2.18 bits per heavy atom. The van der Waals surface area contributed by atoms with Gasteiger partial charge in [0.2, 0.25) is 5.91 Å². The van der Waals surface area contributed by atoms with Crippen molar-refractivity contribution in [3.8, 4) is 0 Å². The summed E-state index contributed by atoms with van der Waals surface area (Å²) in [4.78, 5) is 17.7. The molecule has 1 aromatic heterocycles. The molecule has 1 heterocycles. The molecule has 0 saturated heterocycles. The van der Waals surface area contributed by atoms with Crippen molar-refractivity contribution in [1.29, 1.82) is 0 Å². The topological polar surface area (TPSA) is 55.4 Å². The molecule has 4 heteroatoms. The molecule has 0 fully saturated rings. The number of nitrogens with two attached hydrogens (primary N) is 1. The lowest BCUT2D eigenvalue weighted by Crippen LogP contribution is -2.10. The zero-order chi connectivity index (χ0) is 12.3. The van der Waals surface area contributed by atoms with Crippen molar-refractivity contribution in [1.82, 2.24) is 0 Å². The Morgan fingerprint density at radius 3 is 2.82 bits per heavy atom. The summed E-state index contributed by atoms with van der Waals surface area (Å²) in [5.74, 6) is -0.436. The Kier molecular flexibility index (Phi) is 3.35. The van der Waals surface area contributed by atoms with Gasteiger partial charge in [-0.05, 0) is 37.3 Å². The van der Waals surface area contributed by atoms with Crippen LogP contribution in [0.3, 0.4) is 0 Å². The molecule has 0 saturated carbocycles. The predicted molar refractivity (Wildman–Crippen MR) is 71.3 cm³/mol. The number of hydrogen-bond acceptors (Lipinski definition) is 3. The number of carbonyl (C=O) groups is 1. The second kappa shape index (κ2) is 4.93. The zero-order valence-corrected chi connectivity index (χ0v) is 10.2. The molecule has 0 spiro atoms. The van der Waals surface area contributed by atoms with E-state index in [2.05, 4.69) is 11.9 Å². The fraction of sp³-hybridized carbons (Fsp3) is 0.0769. The smallest absolute Gasteiger partial charge is 0.248 e. The van der Waals surface area contributed by atoms with E-state index in [0.717, 1.165) is 10.6 Å². The molecule has 0 aliphatic rings. The third-order valence-electron chi connectivity index (χ3n) is 2.23. The van der Waals surface area contributed by atoms with E-state index in [4.69, 9.17) is 5.73 Å². The maximum Gasteiger partial charge on any atom is 0.248 e. The summed E-state index contributed by atoms with van der Waals surface area (Å²) in [7, 11) is 0. The first-order valence-corrected chi connectivity index (χ1v) is 5.97. The van der Waals surface area contributed by atoms with Crippen molar-refractivity contribution < 1.29 is 4.79 Å². The molecule has 2 rings (SSSR count). The van der Waals surface area contributed by atoms with E-state index in [-0.39, 0.29) is 0 Å². The first-order valence-electron chi connectivity index (χ1n) is 5.15. The van der Waals surface area contributed by atoms with Gasteiger partial charge in [-0.3, -0.25) is 9.79 Å². The Labute approximate surface area is 104 Å². The molecular formula is C13H12N2OS. The van der Waals surface area contributed by atoms with E-state index in [1.807, 2.05) is 18.2 Å². The Bertz CT molecular complexity index is 572. The average molecular weight is 244 g/mol. The largest absolute Gasteiger partial charge is 0.366 e. The zero-order valence-electron chi connectivity index (χ0n) is 9.38. The van der Waals surface area contributed by atoms with Crippen molar-refractivity contribution in [3.05, 3.63) is 51.7 Å². The molecule has 0 aliphatic carbocycles. The highest BCUT2D eigenvalue weighted by Gasteiger charge is 1.99. The number of thiophene rings is 1. The number of hydrogen-bond donors (Lipinski definition) is 1. The van der Waals surface area contributed by atoms with Crippen molar-refractivity contribution in [3.63, 3.8) is 0 Å². The Hall–Kier alpha value is -1.94. The highest BCUT2D eigenvalue weighted by atomic mass is 32.1. The number of carbonyl (C=O) groups excluding carboxylic acids is 1. The van der Waals surface area contributed by atoms with Crippen LogP contribution in [0.4, 0.5) is 5.69 Å². The van der Waals surface area contributed by atoms with E-state index in [9.17, 15) is 4.79 Å². The summed E-state index contributed by atoms with van der Waals surface area (Å²) in [6.07, 6.45) is 1.79. The van der Waals surface area contributed by atoms with Gasteiger partial charge in [-0.1, -0.05) is 6.07 Å². The molecular weight excluding hydrogens is 232 g/mol. The second-order valence-electron chi connectivity index (χ2n) is 3.62. The predicted octanol–water partition coefficient (Wildman–Crippen LogP) is 2.91. The fourth-order valence-corrected chi connectivity index (χ4v) is 2.15. The fourth-order valence-electron chi connectivity index (χ4n) is 1.40. The van der Waals surface area contributed by atoms with E-state index >= 15 is 0 Å². The van der Waals surface area contributed by atoms with E-state index in [0.29, 0.717) is 5.56 Å². The molecule has 3 nitrogen and oxygen atoms in total. The van der Waals surface area contributed by atoms with Gasteiger partial charge in [0.25, 0.3) is 0 Å². The van der Waals surface area contributed by atoms with Gasteiger partial charge in [-0.25, -0.2) is 0 Å². The highest BCUT2D eigenvalue weighted by Crippen LogP contribution is 2.16. The molecule has 0 atom stereocenters. The van der Waals surface area contributed by atoms with E-state index < -0.39 is 5.91 Å². The van der Waals surface area contributed by atoms with Crippen LogP contribution in [-0.2, 0) is 0 Å². The third-order valence-corrected chi connectivity index (χ3v) is 3.17. The molecule has 0 unspecified atom stereocenters. The minimum absolute atomic E-state index is 0.436. The number of aliphatic imine (C=N–C) groups is 1. The molecule has 0 bridgehead atoms. The molecule has 1 amide bonds. The Morgan fingerprint density at radius 1 is 1.35 bits per heavy atom. The van der Waals surface area contributed by atoms with E-state index in [1.54, 1.807) is 35.8 Å². The van der Waals surface area contributed by atoms with Crippen LogP contribution in [0, 0.1) is 6.92 Å². The monoisotopic (exact) mass is 244 g/mol. The lowest BCUT2D eigenvalue weighted by Gasteiger charge is -1.96. The Balaban J connectivity index is 2.21. The van der Waals surface area contributed by atoms with Gasteiger partial charge < -0.3 is 5.73 Å². The molecule has 86 valence electrons. The highest BCUT2D eigenvalue weighted by molar-refractivity contribution is 7.13. The standard InChI is InChI=1S/C13H12N2OS/c1-9-5-6-12(17-9)8-15-11-4-2-3-10(7-11)13(14)16/h2-8H,1H3,(H2,14,16). The number of rotatable bonds is 3. The number of primary amides is 1. The molecule has 17 heavy (non-hydrogen) atoms. The molecule has 1 aromatic carbocycles. The van der Waals surface area contributed by atoms with Crippen molar-refractivity contribution >= 4 is 29.1 Å².